The van der Waals surface area contributed by atoms with Gasteiger partial charge in [0, 0.05) is 6.54 Å². The standard InChI is InChI=1S/C18H25NO3/c20-17(19-11-10-12-4-2-1-3-5-12)15-13-6-8-14(9-7-13)16(15)18(21)22/h4,6,8,13-16H,1-3,5,7,9-11H2,(H,19,20)(H,21,22)/t13-,14+,15+,16-/m1/s1. The van der Waals surface area contributed by atoms with Crippen molar-refractivity contribution in [2.75, 3.05) is 6.54 Å². The van der Waals surface area contributed by atoms with Gasteiger partial charge in [0.2, 0.25) is 5.91 Å². The number of allylic oxidation sites excluding steroid dienone is 3. The van der Waals surface area contributed by atoms with Crippen LogP contribution in [0.15, 0.2) is 23.8 Å². The molecule has 0 unspecified atom stereocenters. The number of hydrogen-bond acceptors (Lipinski definition) is 2. The number of carboxylic acid groups (broad SMARTS) is 1. The van der Waals surface area contributed by atoms with Gasteiger partial charge in [-0.15, -0.1) is 0 Å². The molecule has 0 heterocycles. The van der Waals surface area contributed by atoms with Gasteiger partial charge in [-0.3, -0.25) is 9.59 Å². The van der Waals surface area contributed by atoms with Gasteiger partial charge >= 0.3 is 5.97 Å². The Labute approximate surface area is 131 Å². The molecule has 0 aromatic carbocycles. The Bertz CT molecular complexity index is 508. The fourth-order valence-electron chi connectivity index (χ4n) is 4.28. The third-order valence-corrected chi connectivity index (χ3v) is 5.47. The van der Waals surface area contributed by atoms with Gasteiger partial charge in [0.1, 0.15) is 0 Å². The van der Waals surface area contributed by atoms with Crippen molar-refractivity contribution in [2.45, 2.75) is 44.9 Å². The van der Waals surface area contributed by atoms with Gasteiger partial charge in [0.05, 0.1) is 11.8 Å². The van der Waals surface area contributed by atoms with Crippen LogP contribution >= 0.6 is 0 Å². The Kier molecular flexibility index (Phi) is 4.65. The maximum atomic E-state index is 12.5. The Morgan fingerprint density at radius 2 is 1.86 bits per heavy atom. The number of hydrogen-bond donors (Lipinski definition) is 2. The van der Waals surface area contributed by atoms with E-state index in [1.54, 1.807) is 0 Å². The van der Waals surface area contributed by atoms with Crippen LogP contribution in [0.1, 0.15) is 44.9 Å². The molecule has 0 aliphatic heterocycles. The van der Waals surface area contributed by atoms with Crippen LogP contribution in [0.25, 0.3) is 0 Å². The summed E-state index contributed by atoms with van der Waals surface area (Å²) in [6, 6.07) is 0. The highest BCUT2D eigenvalue weighted by Crippen LogP contribution is 2.45. The Morgan fingerprint density at radius 3 is 2.45 bits per heavy atom. The third-order valence-electron chi connectivity index (χ3n) is 5.47. The normalized spacial score (nSPS) is 33.4. The molecule has 4 atom stereocenters. The van der Waals surface area contributed by atoms with Crippen LogP contribution in [-0.4, -0.2) is 23.5 Å². The van der Waals surface area contributed by atoms with E-state index in [2.05, 4.69) is 17.5 Å². The molecule has 0 aromatic heterocycles. The van der Waals surface area contributed by atoms with E-state index in [9.17, 15) is 14.7 Å². The van der Waals surface area contributed by atoms with E-state index >= 15 is 0 Å². The van der Waals surface area contributed by atoms with Crippen molar-refractivity contribution in [2.24, 2.45) is 23.7 Å². The summed E-state index contributed by atoms with van der Waals surface area (Å²) in [5, 5.41) is 12.5. The average molecular weight is 303 g/mol. The van der Waals surface area contributed by atoms with Crippen molar-refractivity contribution in [1.29, 1.82) is 0 Å². The minimum atomic E-state index is -0.825. The van der Waals surface area contributed by atoms with Crippen LogP contribution in [0.4, 0.5) is 0 Å². The number of carboxylic acids is 1. The number of nitrogens with one attached hydrogen (secondary N) is 1. The monoisotopic (exact) mass is 303 g/mol. The highest BCUT2D eigenvalue weighted by molar-refractivity contribution is 5.86. The molecule has 0 radical (unpaired) electrons. The molecule has 120 valence electrons. The van der Waals surface area contributed by atoms with Crippen LogP contribution in [0.2, 0.25) is 0 Å². The van der Waals surface area contributed by atoms with E-state index in [0.29, 0.717) is 6.54 Å². The second kappa shape index (κ2) is 6.67. The molecule has 1 saturated carbocycles. The SMILES string of the molecule is O=C(NCCC1=CCCCC1)[C@@H]1[C@H](C(=O)O)[C@H]2C=C[C@@H]1CC2. The fourth-order valence-corrected chi connectivity index (χ4v) is 4.28. The summed E-state index contributed by atoms with van der Waals surface area (Å²) in [5.41, 5.74) is 1.44. The summed E-state index contributed by atoms with van der Waals surface area (Å²) >= 11 is 0. The Morgan fingerprint density at radius 1 is 1.14 bits per heavy atom. The molecule has 1 fully saturated rings. The Balaban J connectivity index is 1.57. The molecule has 4 heteroatoms. The van der Waals surface area contributed by atoms with Crippen molar-refractivity contribution in [3.63, 3.8) is 0 Å². The lowest BCUT2D eigenvalue weighted by Gasteiger charge is -2.41. The van der Waals surface area contributed by atoms with Gasteiger partial charge in [0.15, 0.2) is 0 Å². The zero-order valence-electron chi connectivity index (χ0n) is 13.0. The highest BCUT2D eigenvalue weighted by Gasteiger charge is 2.47. The maximum Gasteiger partial charge on any atom is 0.307 e. The topological polar surface area (TPSA) is 66.4 Å². The van der Waals surface area contributed by atoms with E-state index in [-0.39, 0.29) is 23.7 Å². The van der Waals surface area contributed by atoms with Crippen LogP contribution in [0.3, 0.4) is 0 Å². The third kappa shape index (κ3) is 3.11. The summed E-state index contributed by atoms with van der Waals surface area (Å²) in [4.78, 5) is 24.1. The molecule has 0 spiro atoms. The molecule has 4 aliphatic carbocycles. The summed E-state index contributed by atoms with van der Waals surface area (Å²) in [5.74, 6) is -1.70. The number of fused-ring (bicyclic) bond motifs is 2. The predicted molar refractivity (Wildman–Crippen MR) is 84.1 cm³/mol. The molecule has 4 nitrogen and oxygen atoms in total. The van der Waals surface area contributed by atoms with Gasteiger partial charge in [-0.2, -0.15) is 0 Å². The maximum absolute atomic E-state index is 12.5. The van der Waals surface area contributed by atoms with Crippen molar-refractivity contribution < 1.29 is 14.7 Å². The molecule has 2 bridgehead atoms. The lowest BCUT2D eigenvalue weighted by atomic mass is 9.62. The molecular weight excluding hydrogens is 278 g/mol. The first-order valence-corrected chi connectivity index (χ1v) is 8.53. The first kappa shape index (κ1) is 15.3. The molecule has 0 aromatic rings. The zero-order chi connectivity index (χ0) is 15.5. The average Bonchev–Trinajstić information content (AvgIpc) is 2.55. The largest absolute Gasteiger partial charge is 0.481 e. The van der Waals surface area contributed by atoms with Gasteiger partial charge in [0.25, 0.3) is 0 Å². The lowest BCUT2D eigenvalue weighted by molar-refractivity contribution is -0.152. The first-order chi connectivity index (χ1) is 10.7. The van der Waals surface area contributed by atoms with E-state index in [4.69, 9.17) is 0 Å². The highest BCUT2D eigenvalue weighted by atomic mass is 16.4. The van der Waals surface area contributed by atoms with Crippen molar-refractivity contribution in [3.05, 3.63) is 23.8 Å². The summed E-state index contributed by atoms with van der Waals surface area (Å²) in [6.07, 6.45) is 13.9. The number of aliphatic carboxylic acids is 1. The summed E-state index contributed by atoms with van der Waals surface area (Å²) in [7, 11) is 0. The Hall–Kier alpha value is -1.58. The number of rotatable bonds is 5. The predicted octanol–water partition coefficient (Wildman–Crippen LogP) is 2.91. The summed E-state index contributed by atoms with van der Waals surface area (Å²) < 4.78 is 0. The van der Waals surface area contributed by atoms with Crippen LogP contribution in [-0.2, 0) is 9.59 Å². The molecule has 22 heavy (non-hydrogen) atoms. The molecule has 1 amide bonds. The number of carbonyl (C=O) groups is 2. The zero-order valence-corrected chi connectivity index (χ0v) is 13.0. The van der Waals surface area contributed by atoms with E-state index < -0.39 is 11.9 Å². The van der Waals surface area contributed by atoms with E-state index in [0.717, 1.165) is 32.1 Å². The molecule has 4 aliphatic rings. The second-order valence-corrected chi connectivity index (χ2v) is 6.83. The van der Waals surface area contributed by atoms with Gasteiger partial charge in [-0.05, 0) is 56.8 Å². The molecule has 0 saturated heterocycles. The van der Waals surface area contributed by atoms with Crippen molar-refractivity contribution in [1.82, 2.24) is 5.32 Å². The second-order valence-electron chi connectivity index (χ2n) is 6.83. The number of amides is 1. The number of carbonyl (C=O) groups excluding carboxylic acids is 1. The molecule has 4 rings (SSSR count). The minimum Gasteiger partial charge on any atom is -0.481 e. The quantitative estimate of drug-likeness (QED) is 0.767. The van der Waals surface area contributed by atoms with Gasteiger partial charge in [-0.1, -0.05) is 23.8 Å². The van der Waals surface area contributed by atoms with Gasteiger partial charge in [-0.25, -0.2) is 0 Å². The van der Waals surface area contributed by atoms with E-state index in [1.807, 2.05) is 6.08 Å². The fraction of sp³-hybridized carbons (Fsp3) is 0.667. The van der Waals surface area contributed by atoms with Gasteiger partial charge < -0.3 is 10.4 Å². The van der Waals surface area contributed by atoms with Crippen molar-refractivity contribution >= 4 is 11.9 Å². The van der Waals surface area contributed by atoms with Crippen molar-refractivity contribution in [3.8, 4) is 0 Å². The van der Waals surface area contributed by atoms with Crippen LogP contribution in [0.5, 0.6) is 0 Å². The van der Waals surface area contributed by atoms with Crippen LogP contribution < -0.4 is 5.32 Å². The molecule has 2 N–H and O–H groups in total. The lowest BCUT2D eigenvalue weighted by Crippen LogP contribution is -2.49. The van der Waals surface area contributed by atoms with E-state index in [1.165, 1.54) is 18.4 Å². The summed E-state index contributed by atoms with van der Waals surface area (Å²) in [6.45, 7) is 0.634. The first-order valence-electron chi connectivity index (χ1n) is 8.53. The molecular formula is C18H25NO3. The van der Waals surface area contributed by atoms with Crippen LogP contribution in [0, 0.1) is 23.7 Å². The minimum absolute atomic E-state index is 0.0271. The smallest absolute Gasteiger partial charge is 0.307 e.